The van der Waals surface area contributed by atoms with Crippen molar-refractivity contribution in [3.8, 4) is 5.75 Å². The lowest BCUT2D eigenvalue weighted by atomic mass is 9.66. The molecule has 1 fully saturated rings. The lowest BCUT2D eigenvalue weighted by molar-refractivity contribution is -0.0426. The summed E-state index contributed by atoms with van der Waals surface area (Å²) in [6.07, 6.45) is 14.3. The third kappa shape index (κ3) is 5.09. The molecule has 0 N–H and O–H groups in total. The van der Waals surface area contributed by atoms with Crippen molar-refractivity contribution in [2.45, 2.75) is 62.9 Å². The Hall–Kier alpha value is -2.50. The van der Waals surface area contributed by atoms with Crippen LogP contribution >= 0.6 is 11.6 Å². The van der Waals surface area contributed by atoms with Crippen LogP contribution in [0.25, 0.3) is 0 Å². The van der Waals surface area contributed by atoms with Gasteiger partial charge in [0.05, 0.1) is 31.1 Å². The standard InChI is InChI=1S/C33H40ClNO4/c1-37-31(22-7-4-3-5-8-22)27-13-10-25(27)19-35-20-33(16-6-9-23-17-26(34)12-14-28(23)33)21-39-30-15-11-24(18-29(30)35)32(36)38-2/h4,7,11-12,14-15,17-18,22,25,27,31H,3,5-6,8-10,13,16,19-21H2,1-2H3/t22-,25+,27-,31-,33+/m1/s1. The van der Waals surface area contributed by atoms with Crippen LogP contribution in [0.5, 0.6) is 5.75 Å². The van der Waals surface area contributed by atoms with E-state index in [-0.39, 0.29) is 17.5 Å². The van der Waals surface area contributed by atoms with Gasteiger partial charge in [0.15, 0.2) is 0 Å². The SMILES string of the molecule is COC(=O)c1ccc2c(c1)N(C[C@@H]1CC[C@H]1[C@H](OC)[C@@H]1C=CCCC1)C[C@@]1(CCCc3cc(Cl)ccc31)CO2. The number of rotatable bonds is 6. The Morgan fingerprint density at radius 3 is 2.79 bits per heavy atom. The third-order valence-electron chi connectivity index (χ3n) is 9.80. The first-order valence-electron chi connectivity index (χ1n) is 14.6. The molecule has 1 spiro atoms. The van der Waals surface area contributed by atoms with Crippen molar-refractivity contribution in [1.29, 1.82) is 0 Å². The molecule has 0 radical (unpaired) electrons. The number of fused-ring (bicyclic) bond motifs is 3. The number of aryl methyl sites for hydroxylation is 1. The molecule has 0 unspecified atom stereocenters. The smallest absolute Gasteiger partial charge is 0.337 e. The second kappa shape index (κ2) is 11.2. The van der Waals surface area contributed by atoms with Crippen molar-refractivity contribution in [2.24, 2.45) is 17.8 Å². The van der Waals surface area contributed by atoms with Crippen molar-refractivity contribution in [2.75, 3.05) is 38.8 Å². The average molecular weight is 550 g/mol. The summed E-state index contributed by atoms with van der Waals surface area (Å²) in [6, 6.07) is 12.1. The second-order valence-corrected chi connectivity index (χ2v) is 12.4. The van der Waals surface area contributed by atoms with Gasteiger partial charge in [-0.3, -0.25) is 0 Å². The number of allylic oxidation sites excluding steroid dienone is 1. The van der Waals surface area contributed by atoms with Crippen molar-refractivity contribution in [1.82, 2.24) is 0 Å². The summed E-state index contributed by atoms with van der Waals surface area (Å²) >= 11 is 6.42. The second-order valence-electron chi connectivity index (χ2n) is 12.0. The highest BCUT2D eigenvalue weighted by molar-refractivity contribution is 6.30. The van der Waals surface area contributed by atoms with Gasteiger partial charge >= 0.3 is 5.97 Å². The van der Waals surface area contributed by atoms with Crippen LogP contribution in [-0.4, -0.2) is 46.0 Å². The number of carbonyl (C=O) groups is 1. The molecular formula is C33H40ClNO4. The fraction of sp³-hybridized carbons (Fsp3) is 0.545. The summed E-state index contributed by atoms with van der Waals surface area (Å²) in [5.41, 5.74) is 4.12. The van der Waals surface area contributed by atoms with Crippen molar-refractivity contribution < 1.29 is 19.0 Å². The molecule has 2 aromatic rings. The monoisotopic (exact) mass is 549 g/mol. The highest BCUT2D eigenvalue weighted by Crippen LogP contribution is 2.48. The van der Waals surface area contributed by atoms with Crippen LogP contribution in [-0.2, 0) is 21.3 Å². The van der Waals surface area contributed by atoms with Crippen molar-refractivity contribution in [3.05, 3.63) is 70.3 Å². The van der Waals surface area contributed by atoms with Crippen LogP contribution in [0.4, 0.5) is 5.69 Å². The van der Waals surface area contributed by atoms with Gasteiger partial charge in [-0.25, -0.2) is 4.79 Å². The molecule has 1 heterocycles. The fourth-order valence-electron chi connectivity index (χ4n) is 7.68. The highest BCUT2D eigenvalue weighted by atomic mass is 35.5. The molecule has 0 saturated heterocycles. The first-order valence-corrected chi connectivity index (χ1v) is 15.0. The zero-order valence-corrected chi connectivity index (χ0v) is 23.9. The molecule has 6 rings (SSSR count). The number of ether oxygens (including phenoxy) is 3. The van der Waals surface area contributed by atoms with Gasteiger partial charge < -0.3 is 19.1 Å². The molecule has 5 atom stereocenters. The topological polar surface area (TPSA) is 48.0 Å². The predicted molar refractivity (Wildman–Crippen MR) is 155 cm³/mol. The van der Waals surface area contributed by atoms with Gasteiger partial charge in [0.1, 0.15) is 5.75 Å². The Morgan fingerprint density at radius 1 is 1.15 bits per heavy atom. The first-order chi connectivity index (χ1) is 19.0. The van der Waals surface area contributed by atoms with Crippen LogP contribution in [0.1, 0.15) is 66.4 Å². The number of hydrogen-bond donors (Lipinski definition) is 0. The molecular weight excluding hydrogens is 510 g/mol. The molecule has 5 nitrogen and oxygen atoms in total. The van der Waals surface area contributed by atoms with Crippen LogP contribution in [0.2, 0.25) is 5.02 Å². The van der Waals surface area contributed by atoms with E-state index in [0.717, 1.165) is 48.8 Å². The van der Waals surface area contributed by atoms with E-state index in [1.807, 2.05) is 31.4 Å². The highest BCUT2D eigenvalue weighted by Gasteiger charge is 2.45. The number of esters is 1. The molecule has 1 saturated carbocycles. The lowest BCUT2D eigenvalue weighted by Crippen LogP contribution is -2.50. The zero-order chi connectivity index (χ0) is 27.0. The summed E-state index contributed by atoms with van der Waals surface area (Å²) in [5, 5.41) is 0.794. The van der Waals surface area contributed by atoms with Crippen molar-refractivity contribution >= 4 is 23.3 Å². The summed E-state index contributed by atoms with van der Waals surface area (Å²) in [4.78, 5) is 15.0. The van der Waals surface area contributed by atoms with Crippen LogP contribution in [0, 0.1) is 17.8 Å². The molecule has 208 valence electrons. The van der Waals surface area contributed by atoms with Gasteiger partial charge in [0, 0.05) is 36.6 Å². The summed E-state index contributed by atoms with van der Waals surface area (Å²) in [6.45, 7) is 2.39. The molecule has 4 aliphatic rings. The maximum Gasteiger partial charge on any atom is 0.337 e. The largest absolute Gasteiger partial charge is 0.490 e. The van der Waals surface area contributed by atoms with Crippen LogP contribution < -0.4 is 9.64 Å². The summed E-state index contributed by atoms with van der Waals surface area (Å²) in [7, 11) is 3.32. The maximum absolute atomic E-state index is 12.5. The number of anilines is 1. The number of benzene rings is 2. The fourth-order valence-corrected chi connectivity index (χ4v) is 7.87. The molecule has 39 heavy (non-hydrogen) atoms. The minimum absolute atomic E-state index is 0.130. The van der Waals surface area contributed by atoms with E-state index >= 15 is 0 Å². The van der Waals surface area contributed by atoms with E-state index in [4.69, 9.17) is 25.8 Å². The number of halogens is 1. The van der Waals surface area contributed by atoms with E-state index in [9.17, 15) is 4.79 Å². The Morgan fingerprint density at radius 2 is 2.05 bits per heavy atom. The normalized spacial score (nSPS) is 28.5. The molecule has 2 aromatic carbocycles. The number of carbonyl (C=O) groups excluding carboxylic acids is 1. The lowest BCUT2D eigenvalue weighted by Gasteiger charge is -2.47. The third-order valence-corrected chi connectivity index (χ3v) is 10.0. The molecule has 0 bridgehead atoms. The molecule has 0 aromatic heterocycles. The van der Waals surface area contributed by atoms with Gasteiger partial charge in [-0.1, -0.05) is 29.8 Å². The van der Waals surface area contributed by atoms with Gasteiger partial charge in [-0.2, -0.15) is 0 Å². The van der Waals surface area contributed by atoms with E-state index in [2.05, 4.69) is 29.2 Å². The molecule has 1 aliphatic heterocycles. The minimum atomic E-state index is -0.320. The summed E-state index contributed by atoms with van der Waals surface area (Å²) in [5.74, 6) is 2.09. The first kappa shape index (κ1) is 26.7. The van der Waals surface area contributed by atoms with Crippen molar-refractivity contribution in [3.63, 3.8) is 0 Å². The Balaban J connectivity index is 1.35. The quantitative estimate of drug-likeness (QED) is 0.287. The Bertz CT molecular complexity index is 1240. The predicted octanol–water partition coefficient (Wildman–Crippen LogP) is 7.00. The van der Waals surface area contributed by atoms with Crippen LogP contribution in [0.3, 0.4) is 0 Å². The van der Waals surface area contributed by atoms with Crippen LogP contribution in [0.15, 0.2) is 48.6 Å². The van der Waals surface area contributed by atoms with E-state index in [1.165, 1.54) is 50.3 Å². The van der Waals surface area contributed by atoms with Gasteiger partial charge in [-0.05, 0) is 105 Å². The molecule has 0 amide bonds. The Kier molecular flexibility index (Phi) is 7.65. The number of nitrogens with zero attached hydrogens (tertiary/aromatic N) is 1. The zero-order valence-electron chi connectivity index (χ0n) is 23.2. The Labute approximate surface area is 237 Å². The number of methoxy groups -OCH3 is 2. The van der Waals surface area contributed by atoms with E-state index in [0.29, 0.717) is 29.9 Å². The molecule has 6 heteroatoms. The number of hydrogen-bond acceptors (Lipinski definition) is 5. The van der Waals surface area contributed by atoms with E-state index < -0.39 is 0 Å². The van der Waals surface area contributed by atoms with Gasteiger partial charge in [0.2, 0.25) is 0 Å². The van der Waals surface area contributed by atoms with Gasteiger partial charge in [-0.15, -0.1) is 0 Å². The molecule has 3 aliphatic carbocycles. The van der Waals surface area contributed by atoms with Gasteiger partial charge in [0.25, 0.3) is 0 Å². The van der Waals surface area contributed by atoms with E-state index in [1.54, 1.807) is 0 Å². The minimum Gasteiger partial charge on any atom is -0.490 e. The maximum atomic E-state index is 12.5. The average Bonchev–Trinajstić information content (AvgIpc) is 3.10. The summed E-state index contributed by atoms with van der Waals surface area (Å²) < 4.78 is 17.8.